The third kappa shape index (κ3) is 2.91. The van der Waals surface area contributed by atoms with Gasteiger partial charge in [-0.25, -0.2) is 0 Å². The molecule has 1 N–H and O–H groups in total. The number of aliphatic hydroxyl groups is 1. The van der Waals surface area contributed by atoms with Crippen molar-refractivity contribution in [2.24, 2.45) is 0 Å². The number of methoxy groups -OCH3 is 1. The van der Waals surface area contributed by atoms with Crippen molar-refractivity contribution in [3.05, 3.63) is 0 Å². The Morgan fingerprint density at radius 2 is 2.15 bits per heavy atom. The molecule has 0 saturated carbocycles. The first kappa shape index (κ1) is 10.9. The lowest BCUT2D eigenvalue weighted by Crippen LogP contribution is -2.56. The quantitative estimate of drug-likeness (QED) is 0.631. The second-order valence-electron chi connectivity index (χ2n) is 3.83. The number of aliphatic hydroxyl groups excluding tert-OH is 1. The monoisotopic (exact) mass is 188 g/mol. The highest BCUT2D eigenvalue weighted by Crippen LogP contribution is 2.09. The Bertz CT molecular complexity index is 155. The molecule has 1 heterocycles. The van der Waals surface area contributed by atoms with Gasteiger partial charge in [0.1, 0.15) is 0 Å². The van der Waals surface area contributed by atoms with Gasteiger partial charge in [-0.15, -0.1) is 0 Å². The number of nitrogens with zero attached hydrogens (tertiary/aromatic N) is 2. The van der Waals surface area contributed by atoms with Gasteiger partial charge in [0.05, 0.1) is 18.8 Å². The summed E-state index contributed by atoms with van der Waals surface area (Å²) in [6.45, 7) is 3.43. The van der Waals surface area contributed by atoms with E-state index in [9.17, 15) is 5.11 Å². The Balaban J connectivity index is 2.44. The van der Waals surface area contributed by atoms with Gasteiger partial charge in [0.15, 0.2) is 0 Å². The molecule has 4 nitrogen and oxygen atoms in total. The average Bonchev–Trinajstić information content (AvgIpc) is 2.09. The fourth-order valence-electron chi connectivity index (χ4n) is 1.74. The Hall–Kier alpha value is -0.160. The van der Waals surface area contributed by atoms with Gasteiger partial charge in [0.25, 0.3) is 0 Å². The normalized spacial score (nSPS) is 29.1. The van der Waals surface area contributed by atoms with Gasteiger partial charge in [0, 0.05) is 26.7 Å². The maximum atomic E-state index is 9.77. The van der Waals surface area contributed by atoms with Crippen LogP contribution in [0, 0.1) is 0 Å². The van der Waals surface area contributed by atoms with Crippen LogP contribution in [-0.4, -0.2) is 74.5 Å². The van der Waals surface area contributed by atoms with E-state index in [2.05, 4.69) is 23.9 Å². The molecule has 4 heteroatoms. The molecular formula is C9H20N2O2. The van der Waals surface area contributed by atoms with Crippen LogP contribution in [0.3, 0.4) is 0 Å². The van der Waals surface area contributed by atoms with Crippen LogP contribution in [-0.2, 0) is 4.74 Å². The molecule has 0 aromatic rings. The van der Waals surface area contributed by atoms with E-state index < -0.39 is 0 Å². The molecule has 0 aliphatic carbocycles. The van der Waals surface area contributed by atoms with E-state index in [-0.39, 0.29) is 12.1 Å². The molecular weight excluding hydrogens is 168 g/mol. The Labute approximate surface area is 80.1 Å². The third-order valence-corrected chi connectivity index (χ3v) is 2.68. The third-order valence-electron chi connectivity index (χ3n) is 2.68. The van der Waals surface area contributed by atoms with Gasteiger partial charge in [-0.2, -0.15) is 0 Å². The van der Waals surface area contributed by atoms with E-state index in [1.165, 1.54) is 0 Å². The molecule has 13 heavy (non-hydrogen) atoms. The van der Waals surface area contributed by atoms with Crippen molar-refractivity contribution < 1.29 is 9.84 Å². The lowest BCUT2D eigenvalue weighted by molar-refractivity contribution is -0.0236. The number of rotatable bonds is 3. The minimum atomic E-state index is -0.377. The summed E-state index contributed by atoms with van der Waals surface area (Å²) < 4.78 is 4.95. The number of ether oxygens (including phenoxy) is 1. The van der Waals surface area contributed by atoms with Crippen LogP contribution in [0.4, 0.5) is 0 Å². The van der Waals surface area contributed by atoms with E-state index in [0.29, 0.717) is 6.61 Å². The van der Waals surface area contributed by atoms with Crippen LogP contribution in [0.1, 0.15) is 0 Å². The number of hydrogen-bond donors (Lipinski definition) is 1. The van der Waals surface area contributed by atoms with Gasteiger partial charge >= 0.3 is 0 Å². The summed E-state index contributed by atoms with van der Waals surface area (Å²) in [5.74, 6) is 0. The van der Waals surface area contributed by atoms with E-state index >= 15 is 0 Å². The molecule has 1 aliphatic heterocycles. The zero-order valence-electron chi connectivity index (χ0n) is 8.73. The molecule has 2 atom stereocenters. The molecule has 2 unspecified atom stereocenters. The smallest absolute Gasteiger partial charge is 0.0940 e. The van der Waals surface area contributed by atoms with Crippen molar-refractivity contribution in [2.45, 2.75) is 12.1 Å². The second-order valence-corrected chi connectivity index (χ2v) is 3.83. The lowest BCUT2D eigenvalue weighted by Gasteiger charge is -2.39. The molecule has 1 fully saturated rings. The van der Waals surface area contributed by atoms with Gasteiger partial charge in [0.2, 0.25) is 0 Å². The molecule has 1 aliphatic rings. The van der Waals surface area contributed by atoms with Crippen molar-refractivity contribution in [2.75, 3.05) is 47.4 Å². The van der Waals surface area contributed by atoms with E-state index in [1.54, 1.807) is 7.11 Å². The molecule has 78 valence electrons. The first-order valence-corrected chi connectivity index (χ1v) is 4.71. The SMILES string of the molecule is COCC(O)C1CN(C)CCN1C. The highest BCUT2D eigenvalue weighted by atomic mass is 16.5. The molecule has 0 spiro atoms. The maximum Gasteiger partial charge on any atom is 0.0940 e. The molecule has 0 radical (unpaired) electrons. The molecule has 1 saturated heterocycles. The van der Waals surface area contributed by atoms with Crippen molar-refractivity contribution in [3.8, 4) is 0 Å². The van der Waals surface area contributed by atoms with Gasteiger partial charge in [-0.05, 0) is 14.1 Å². The van der Waals surface area contributed by atoms with Gasteiger partial charge in [-0.1, -0.05) is 0 Å². The summed E-state index contributed by atoms with van der Waals surface area (Å²) in [6, 6.07) is 0.207. The van der Waals surface area contributed by atoms with Crippen molar-refractivity contribution in [1.29, 1.82) is 0 Å². The highest BCUT2D eigenvalue weighted by Gasteiger charge is 2.28. The maximum absolute atomic E-state index is 9.77. The predicted molar refractivity (Wildman–Crippen MR) is 51.8 cm³/mol. The first-order valence-electron chi connectivity index (χ1n) is 4.71. The Morgan fingerprint density at radius 1 is 1.46 bits per heavy atom. The summed E-state index contributed by atoms with van der Waals surface area (Å²) in [6.07, 6.45) is -0.377. The summed E-state index contributed by atoms with van der Waals surface area (Å²) in [5.41, 5.74) is 0. The van der Waals surface area contributed by atoms with Crippen LogP contribution in [0.5, 0.6) is 0 Å². The summed E-state index contributed by atoms with van der Waals surface area (Å²) >= 11 is 0. The minimum Gasteiger partial charge on any atom is -0.389 e. The van der Waals surface area contributed by atoms with Crippen LogP contribution < -0.4 is 0 Å². The van der Waals surface area contributed by atoms with E-state index in [4.69, 9.17) is 4.74 Å². The first-order chi connectivity index (χ1) is 6.15. The van der Waals surface area contributed by atoms with E-state index in [0.717, 1.165) is 19.6 Å². The Kier molecular flexibility index (Phi) is 4.12. The van der Waals surface area contributed by atoms with Gasteiger partial charge in [-0.3, -0.25) is 4.90 Å². The summed E-state index contributed by atoms with van der Waals surface area (Å²) in [7, 11) is 5.76. The topological polar surface area (TPSA) is 35.9 Å². The van der Waals surface area contributed by atoms with Gasteiger partial charge < -0.3 is 14.7 Å². The fourth-order valence-corrected chi connectivity index (χ4v) is 1.74. The molecule has 0 aromatic heterocycles. The zero-order valence-corrected chi connectivity index (χ0v) is 8.73. The number of hydrogen-bond acceptors (Lipinski definition) is 4. The van der Waals surface area contributed by atoms with Crippen LogP contribution >= 0.6 is 0 Å². The minimum absolute atomic E-state index is 0.207. The van der Waals surface area contributed by atoms with Crippen LogP contribution in [0.25, 0.3) is 0 Å². The largest absolute Gasteiger partial charge is 0.389 e. The molecule has 0 amide bonds. The van der Waals surface area contributed by atoms with Crippen molar-refractivity contribution in [3.63, 3.8) is 0 Å². The van der Waals surface area contributed by atoms with Crippen molar-refractivity contribution in [1.82, 2.24) is 9.80 Å². The van der Waals surface area contributed by atoms with E-state index in [1.807, 2.05) is 0 Å². The number of likely N-dealkylation sites (N-methyl/N-ethyl adjacent to an activating group) is 2. The lowest BCUT2D eigenvalue weighted by atomic mass is 10.1. The molecule has 1 rings (SSSR count). The second kappa shape index (κ2) is 4.91. The average molecular weight is 188 g/mol. The zero-order chi connectivity index (χ0) is 9.84. The fraction of sp³-hybridized carbons (Fsp3) is 1.00. The Morgan fingerprint density at radius 3 is 2.77 bits per heavy atom. The predicted octanol–water partition coefficient (Wildman–Crippen LogP) is -0.760. The number of piperazine rings is 1. The van der Waals surface area contributed by atoms with Crippen LogP contribution in [0.2, 0.25) is 0 Å². The summed E-state index contributed by atoms with van der Waals surface area (Å²) in [4.78, 5) is 4.44. The van der Waals surface area contributed by atoms with Crippen molar-refractivity contribution >= 4 is 0 Å². The summed E-state index contributed by atoms with van der Waals surface area (Å²) in [5, 5.41) is 9.77. The molecule has 0 bridgehead atoms. The molecule has 0 aromatic carbocycles. The van der Waals surface area contributed by atoms with Crippen LogP contribution in [0.15, 0.2) is 0 Å². The standard InChI is InChI=1S/C9H20N2O2/c1-10-4-5-11(2)8(6-10)9(12)7-13-3/h8-9,12H,4-7H2,1-3H3. The highest BCUT2D eigenvalue weighted by molar-refractivity contribution is 4.84.